The molecular weight excluding hydrogens is 316 g/mol. The van der Waals surface area contributed by atoms with Gasteiger partial charge in [0.05, 0.1) is 0 Å². The van der Waals surface area contributed by atoms with Crippen LogP contribution in [0.15, 0.2) is 73.1 Å². The highest BCUT2D eigenvalue weighted by molar-refractivity contribution is 5.02. The molecule has 2 rings (SSSR count). The molecule has 0 N–H and O–H groups in total. The van der Waals surface area contributed by atoms with Crippen LogP contribution in [0.1, 0.15) is 49.9 Å². The van der Waals surface area contributed by atoms with Gasteiger partial charge in [-0.2, -0.15) is 0 Å². The molecule has 2 aromatic rings. The Bertz CT molecular complexity index is 639. The molecule has 0 fully saturated rings. The summed E-state index contributed by atoms with van der Waals surface area (Å²) in [6, 6.07) is 12.8. The van der Waals surface area contributed by atoms with E-state index in [0.29, 0.717) is 0 Å². The summed E-state index contributed by atoms with van der Waals surface area (Å²) in [5, 5.41) is 0. The van der Waals surface area contributed by atoms with Crippen molar-refractivity contribution in [2.45, 2.75) is 65.5 Å². The number of hydrogen-bond donors (Lipinski definition) is 0. The monoisotopic (exact) mass is 350 g/mol. The topological polar surface area (TPSA) is 7.76 Å². The number of pyridine rings is 2. The predicted octanol–water partition coefficient (Wildman–Crippen LogP) is 5.03. The first-order valence-electron chi connectivity index (χ1n) is 9.99. The minimum absolute atomic E-state index is 1.12. The molecule has 0 aromatic carbocycles. The third-order valence-corrected chi connectivity index (χ3v) is 4.76. The van der Waals surface area contributed by atoms with Crippen LogP contribution in [0, 0.1) is 13.8 Å². The zero-order valence-corrected chi connectivity index (χ0v) is 16.5. The molecule has 2 nitrogen and oxygen atoms in total. The fourth-order valence-corrected chi connectivity index (χ4v) is 3.06. The Labute approximate surface area is 159 Å². The quantitative estimate of drug-likeness (QED) is 0.305. The minimum Gasteiger partial charge on any atom is -0.203 e. The van der Waals surface area contributed by atoms with E-state index in [9.17, 15) is 0 Å². The minimum atomic E-state index is 1.12. The highest BCUT2D eigenvalue weighted by Gasteiger charge is 2.03. The summed E-state index contributed by atoms with van der Waals surface area (Å²) in [6.07, 6.45) is 20.6. The standard InChI is InChI=1S/C24H34N2/c1-23-17-11-15-21-25(23)19-13-9-7-5-3-4-6-8-10-14-20-26-22-16-12-18-24(26)2/h3-6,11-12,15-18,21-22H,7-10,13-14,19-20H2,1-2H3/q+2. The van der Waals surface area contributed by atoms with Gasteiger partial charge >= 0.3 is 0 Å². The Balaban J connectivity index is 1.48. The third-order valence-electron chi connectivity index (χ3n) is 4.76. The van der Waals surface area contributed by atoms with Crippen molar-refractivity contribution in [1.82, 2.24) is 0 Å². The van der Waals surface area contributed by atoms with Crippen LogP contribution in [0.2, 0.25) is 0 Å². The molecule has 0 saturated carbocycles. The molecule has 0 spiro atoms. The van der Waals surface area contributed by atoms with E-state index >= 15 is 0 Å². The first kappa shape index (κ1) is 20.1. The summed E-state index contributed by atoms with van der Waals surface area (Å²) in [5.74, 6) is 0. The Morgan fingerprint density at radius 3 is 1.54 bits per heavy atom. The fraction of sp³-hybridized carbons (Fsp3) is 0.417. The largest absolute Gasteiger partial charge is 0.203 e. The van der Waals surface area contributed by atoms with E-state index in [1.807, 2.05) is 0 Å². The summed E-state index contributed by atoms with van der Waals surface area (Å²) in [4.78, 5) is 0. The van der Waals surface area contributed by atoms with Crippen LogP contribution in [0.3, 0.4) is 0 Å². The van der Waals surface area contributed by atoms with Crippen LogP contribution in [0.4, 0.5) is 0 Å². The van der Waals surface area contributed by atoms with Gasteiger partial charge in [0, 0.05) is 51.0 Å². The molecule has 0 saturated heterocycles. The van der Waals surface area contributed by atoms with Gasteiger partial charge in [-0.1, -0.05) is 36.4 Å². The molecule has 0 bridgehead atoms. The van der Waals surface area contributed by atoms with E-state index in [0.717, 1.165) is 13.1 Å². The molecule has 0 amide bonds. The van der Waals surface area contributed by atoms with Crippen molar-refractivity contribution in [3.05, 3.63) is 84.5 Å². The molecule has 0 unspecified atom stereocenters. The van der Waals surface area contributed by atoms with E-state index in [2.05, 4.69) is 96.1 Å². The van der Waals surface area contributed by atoms with E-state index in [1.165, 1.54) is 49.9 Å². The predicted molar refractivity (Wildman–Crippen MR) is 109 cm³/mol. The Hall–Kier alpha value is -2.22. The van der Waals surface area contributed by atoms with Crippen molar-refractivity contribution in [2.75, 3.05) is 0 Å². The molecule has 0 aliphatic carbocycles. The second-order valence-corrected chi connectivity index (χ2v) is 6.92. The Morgan fingerprint density at radius 2 is 1.12 bits per heavy atom. The summed E-state index contributed by atoms with van der Waals surface area (Å²) >= 11 is 0. The van der Waals surface area contributed by atoms with Crippen LogP contribution < -0.4 is 9.13 Å². The Kier molecular flexibility index (Phi) is 9.42. The molecule has 0 atom stereocenters. The lowest BCUT2D eigenvalue weighted by Crippen LogP contribution is -2.36. The molecule has 2 aromatic heterocycles. The van der Waals surface area contributed by atoms with Crippen molar-refractivity contribution in [3.8, 4) is 0 Å². The van der Waals surface area contributed by atoms with Gasteiger partial charge in [0.1, 0.15) is 13.1 Å². The lowest BCUT2D eigenvalue weighted by molar-refractivity contribution is -0.703. The smallest absolute Gasteiger partial charge is 0.178 e. The maximum Gasteiger partial charge on any atom is 0.178 e. The summed E-state index contributed by atoms with van der Waals surface area (Å²) in [5.41, 5.74) is 2.68. The van der Waals surface area contributed by atoms with Gasteiger partial charge in [-0.15, -0.1) is 0 Å². The second-order valence-electron chi connectivity index (χ2n) is 6.92. The normalized spacial score (nSPS) is 11.6. The summed E-state index contributed by atoms with van der Waals surface area (Å²) in [6.45, 7) is 6.58. The number of rotatable bonds is 11. The van der Waals surface area contributed by atoms with E-state index in [4.69, 9.17) is 0 Å². The van der Waals surface area contributed by atoms with Gasteiger partial charge in [-0.25, -0.2) is 9.13 Å². The maximum atomic E-state index is 2.33. The van der Waals surface area contributed by atoms with Crippen molar-refractivity contribution >= 4 is 0 Å². The van der Waals surface area contributed by atoms with Crippen LogP contribution in [0.25, 0.3) is 0 Å². The van der Waals surface area contributed by atoms with Gasteiger partial charge in [0.15, 0.2) is 23.8 Å². The molecule has 138 valence electrons. The van der Waals surface area contributed by atoms with Crippen molar-refractivity contribution < 1.29 is 9.13 Å². The SMILES string of the molecule is Cc1cccc[n+]1CCCCC=CC=CCCCC[n+]1ccccc1C. The van der Waals surface area contributed by atoms with Crippen LogP contribution in [0.5, 0.6) is 0 Å². The highest BCUT2D eigenvalue weighted by atomic mass is 14.9. The number of allylic oxidation sites excluding steroid dienone is 4. The average Bonchev–Trinajstić information content (AvgIpc) is 2.65. The van der Waals surface area contributed by atoms with Crippen molar-refractivity contribution in [2.24, 2.45) is 0 Å². The molecule has 26 heavy (non-hydrogen) atoms. The average molecular weight is 351 g/mol. The summed E-state index contributed by atoms with van der Waals surface area (Å²) in [7, 11) is 0. The molecule has 0 radical (unpaired) electrons. The molecule has 2 heteroatoms. The van der Waals surface area contributed by atoms with Gasteiger partial charge in [-0.3, -0.25) is 0 Å². The van der Waals surface area contributed by atoms with Gasteiger partial charge in [0.25, 0.3) is 0 Å². The number of nitrogens with zero attached hydrogens (tertiary/aromatic N) is 2. The van der Waals surface area contributed by atoms with Crippen LogP contribution in [-0.2, 0) is 13.1 Å². The summed E-state index contributed by atoms with van der Waals surface area (Å²) < 4.78 is 4.66. The first-order chi connectivity index (χ1) is 12.8. The number of unbranched alkanes of at least 4 members (excludes halogenated alkanes) is 4. The van der Waals surface area contributed by atoms with Crippen LogP contribution in [-0.4, -0.2) is 0 Å². The molecule has 0 aliphatic rings. The number of aryl methyl sites for hydroxylation is 4. The van der Waals surface area contributed by atoms with E-state index < -0.39 is 0 Å². The lowest BCUT2D eigenvalue weighted by atomic mass is 10.2. The maximum absolute atomic E-state index is 2.33. The first-order valence-corrected chi connectivity index (χ1v) is 9.99. The molecular formula is C24H34N2+2. The van der Waals surface area contributed by atoms with Crippen molar-refractivity contribution in [3.63, 3.8) is 0 Å². The Morgan fingerprint density at radius 1 is 0.654 bits per heavy atom. The number of hydrogen-bond acceptors (Lipinski definition) is 0. The third kappa shape index (κ3) is 7.77. The molecule has 2 heterocycles. The number of aromatic nitrogens is 2. The lowest BCUT2D eigenvalue weighted by Gasteiger charge is -1.99. The second kappa shape index (κ2) is 12.2. The zero-order valence-electron chi connectivity index (χ0n) is 16.5. The van der Waals surface area contributed by atoms with Gasteiger partial charge in [-0.05, 0) is 25.7 Å². The van der Waals surface area contributed by atoms with Gasteiger partial charge in [0.2, 0.25) is 0 Å². The van der Waals surface area contributed by atoms with Crippen LogP contribution >= 0.6 is 0 Å². The fourth-order valence-electron chi connectivity index (χ4n) is 3.06. The zero-order chi connectivity index (χ0) is 18.5. The van der Waals surface area contributed by atoms with E-state index in [-0.39, 0.29) is 0 Å². The van der Waals surface area contributed by atoms with Gasteiger partial charge < -0.3 is 0 Å². The highest BCUT2D eigenvalue weighted by Crippen LogP contribution is 2.00. The van der Waals surface area contributed by atoms with Crippen molar-refractivity contribution in [1.29, 1.82) is 0 Å². The molecule has 0 aliphatic heterocycles. The van der Waals surface area contributed by atoms with E-state index in [1.54, 1.807) is 0 Å².